The minimum absolute atomic E-state index is 0.0155. The Hall–Kier alpha value is -3.38. The second kappa shape index (κ2) is 9.21. The summed E-state index contributed by atoms with van der Waals surface area (Å²) in [6.07, 6.45) is 0. The van der Waals surface area contributed by atoms with E-state index in [-0.39, 0.29) is 18.1 Å². The van der Waals surface area contributed by atoms with Crippen LogP contribution in [0.25, 0.3) is 11.3 Å². The predicted octanol–water partition coefficient (Wildman–Crippen LogP) is 4.28. The van der Waals surface area contributed by atoms with Gasteiger partial charge in [-0.2, -0.15) is 0 Å². The topological polar surface area (TPSA) is 85.6 Å². The standard InChI is InChI=1S/C22H18ClNO5/c1-14(25)16-5-7-17(8-6-16)19-9-10-20(29-19)22(27)28-13-21(26)24-12-15-3-2-4-18(23)11-15/h2-11H,12-13H2,1H3,(H,24,26). The molecule has 0 atom stereocenters. The van der Waals surface area contributed by atoms with Gasteiger partial charge in [0.05, 0.1) is 0 Å². The number of carbonyl (C=O) groups excluding carboxylic acids is 3. The second-order valence-electron chi connectivity index (χ2n) is 6.28. The van der Waals surface area contributed by atoms with E-state index in [1.165, 1.54) is 13.0 Å². The van der Waals surface area contributed by atoms with Crippen LogP contribution in [0.15, 0.2) is 65.1 Å². The molecule has 1 aromatic heterocycles. The first-order valence-corrected chi connectivity index (χ1v) is 9.19. The summed E-state index contributed by atoms with van der Waals surface area (Å²) in [5.74, 6) is -0.774. The lowest BCUT2D eigenvalue weighted by Gasteiger charge is -2.06. The number of rotatable bonds is 7. The van der Waals surface area contributed by atoms with E-state index in [4.69, 9.17) is 20.8 Å². The summed E-state index contributed by atoms with van der Waals surface area (Å²) < 4.78 is 10.5. The molecule has 1 amide bonds. The quantitative estimate of drug-likeness (QED) is 0.463. The molecule has 0 bridgehead atoms. The van der Waals surface area contributed by atoms with Crippen molar-refractivity contribution in [3.8, 4) is 11.3 Å². The molecule has 0 radical (unpaired) electrons. The molecule has 3 aromatic rings. The first kappa shape index (κ1) is 20.4. The highest BCUT2D eigenvalue weighted by Crippen LogP contribution is 2.23. The molecule has 0 spiro atoms. The third-order valence-corrected chi connectivity index (χ3v) is 4.33. The van der Waals surface area contributed by atoms with Crippen molar-refractivity contribution in [2.75, 3.05) is 6.61 Å². The normalized spacial score (nSPS) is 10.4. The Morgan fingerprint density at radius 3 is 2.48 bits per heavy atom. The van der Waals surface area contributed by atoms with Gasteiger partial charge < -0.3 is 14.5 Å². The number of ether oxygens (including phenoxy) is 1. The molecule has 0 aliphatic heterocycles. The molecule has 0 fully saturated rings. The molecular weight excluding hydrogens is 394 g/mol. The van der Waals surface area contributed by atoms with Crippen LogP contribution in [0.4, 0.5) is 0 Å². The maximum Gasteiger partial charge on any atom is 0.374 e. The molecule has 0 saturated carbocycles. The van der Waals surface area contributed by atoms with Crippen LogP contribution in [0.5, 0.6) is 0 Å². The zero-order chi connectivity index (χ0) is 20.8. The predicted molar refractivity (Wildman–Crippen MR) is 108 cm³/mol. The number of carbonyl (C=O) groups is 3. The van der Waals surface area contributed by atoms with Gasteiger partial charge in [-0.1, -0.05) is 48.0 Å². The Labute approximate surface area is 172 Å². The van der Waals surface area contributed by atoms with Gasteiger partial charge in [-0.3, -0.25) is 9.59 Å². The number of hydrogen-bond donors (Lipinski definition) is 1. The van der Waals surface area contributed by atoms with Gasteiger partial charge in [0.2, 0.25) is 5.76 Å². The molecule has 1 heterocycles. The molecule has 2 aromatic carbocycles. The number of Topliss-reactive ketones (excluding diaryl/α,β-unsaturated/α-hetero) is 1. The third kappa shape index (κ3) is 5.56. The van der Waals surface area contributed by atoms with Crippen molar-refractivity contribution in [3.05, 3.63) is 82.6 Å². The Bertz CT molecular complexity index is 1040. The molecular formula is C22H18ClNO5. The molecule has 6 nitrogen and oxygen atoms in total. The average Bonchev–Trinajstić information content (AvgIpc) is 3.21. The molecule has 29 heavy (non-hydrogen) atoms. The third-order valence-electron chi connectivity index (χ3n) is 4.10. The summed E-state index contributed by atoms with van der Waals surface area (Å²) in [7, 11) is 0. The Kier molecular flexibility index (Phi) is 6.46. The number of esters is 1. The van der Waals surface area contributed by atoms with Crippen molar-refractivity contribution in [1.29, 1.82) is 0 Å². The van der Waals surface area contributed by atoms with Gasteiger partial charge in [0.1, 0.15) is 5.76 Å². The zero-order valence-electron chi connectivity index (χ0n) is 15.6. The van der Waals surface area contributed by atoms with Gasteiger partial charge in [-0.25, -0.2) is 4.79 Å². The van der Waals surface area contributed by atoms with Crippen LogP contribution in [0.3, 0.4) is 0 Å². The highest BCUT2D eigenvalue weighted by molar-refractivity contribution is 6.30. The fourth-order valence-corrected chi connectivity index (χ4v) is 2.79. The summed E-state index contributed by atoms with van der Waals surface area (Å²) in [5, 5.41) is 3.22. The van der Waals surface area contributed by atoms with E-state index >= 15 is 0 Å². The van der Waals surface area contributed by atoms with E-state index in [2.05, 4.69) is 5.32 Å². The van der Waals surface area contributed by atoms with Gasteiger partial charge in [-0.05, 0) is 36.8 Å². The molecule has 0 saturated heterocycles. The number of nitrogens with one attached hydrogen (secondary N) is 1. The highest BCUT2D eigenvalue weighted by atomic mass is 35.5. The van der Waals surface area contributed by atoms with Crippen molar-refractivity contribution in [3.63, 3.8) is 0 Å². The van der Waals surface area contributed by atoms with Gasteiger partial charge in [0.25, 0.3) is 5.91 Å². The minimum atomic E-state index is -0.741. The summed E-state index contributed by atoms with van der Waals surface area (Å²) >= 11 is 5.89. The van der Waals surface area contributed by atoms with Gasteiger partial charge in [0, 0.05) is 22.7 Å². The van der Waals surface area contributed by atoms with E-state index in [1.807, 2.05) is 6.07 Å². The van der Waals surface area contributed by atoms with E-state index in [0.29, 0.717) is 21.9 Å². The van der Waals surface area contributed by atoms with Crippen molar-refractivity contribution in [2.45, 2.75) is 13.5 Å². The van der Waals surface area contributed by atoms with Gasteiger partial charge in [-0.15, -0.1) is 0 Å². The smallest absolute Gasteiger partial charge is 0.374 e. The molecule has 7 heteroatoms. The Balaban J connectivity index is 1.52. The van der Waals surface area contributed by atoms with Crippen LogP contribution in [-0.2, 0) is 16.1 Å². The molecule has 0 aliphatic carbocycles. The van der Waals surface area contributed by atoms with Crippen LogP contribution in [0.2, 0.25) is 5.02 Å². The van der Waals surface area contributed by atoms with Crippen LogP contribution in [-0.4, -0.2) is 24.3 Å². The molecule has 0 aliphatic rings. The number of benzene rings is 2. The first-order chi connectivity index (χ1) is 13.9. The molecule has 0 unspecified atom stereocenters. The van der Waals surface area contributed by atoms with Gasteiger partial charge in [0.15, 0.2) is 12.4 Å². The first-order valence-electron chi connectivity index (χ1n) is 8.82. The lowest BCUT2D eigenvalue weighted by molar-refractivity contribution is -0.124. The zero-order valence-corrected chi connectivity index (χ0v) is 16.4. The molecule has 148 valence electrons. The summed E-state index contributed by atoms with van der Waals surface area (Å²) in [4.78, 5) is 35.3. The second-order valence-corrected chi connectivity index (χ2v) is 6.72. The van der Waals surface area contributed by atoms with Crippen molar-refractivity contribution in [2.24, 2.45) is 0 Å². The van der Waals surface area contributed by atoms with Crippen LogP contribution in [0, 0.1) is 0 Å². The minimum Gasteiger partial charge on any atom is -0.450 e. The van der Waals surface area contributed by atoms with E-state index in [0.717, 1.165) is 5.56 Å². The van der Waals surface area contributed by atoms with E-state index in [1.54, 1.807) is 48.5 Å². The van der Waals surface area contributed by atoms with Crippen LogP contribution >= 0.6 is 11.6 Å². The number of hydrogen-bond acceptors (Lipinski definition) is 5. The lowest BCUT2D eigenvalue weighted by atomic mass is 10.1. The SMILES string of the molecule is CC(=O)c1ccc(-c2ccc(C(=O)OCC(=O)NCc3cccc(Cl)c3)o2)cc1. The fourth-order valence-electron chi connectivity index (χ4n) is 2.57. The number of ketones is 1. The van der Waals surface area contributed by atoms with Crippen molar-refractivity contribution < 1.29 is 23.5 Å². The van der Waals surface area contributed by atoms with Gasteiger partial charge >= 0.3 is 5.97 Å². The fraction of sp³-hybridized carbons (Fsp3) is 0.136. The van der Waals surface area contributed by atoms with E-state index in [9.17, 15) is 14.4 Å². The number of amides is 1. The lowest BCUT2D eigenvalue weighted by Crippen LogP contribution is -2.28. The maximum atomic E-state index is 12.1. The summed E-state index contributed by atoms with van der Waals surface area (Å²) in [6, 6.07) is 17.0. The van der Waals surface area contributed by atoms with E-state index < -0.39 is 18.5 Å². The maximum absolute atomic E-state index is 12.1. The molecule has 3 rings (SSSR count). The van der Waals surface area contributed by atoms with Crippen LogP contribution < -0.4 is 5.32 Å². The number of furan rings is 1. The average molecular weight is 412 g/mol. The van der Waals surface area contributed by atoms with Crippen molar-refractivity contribution >= 4 is 29.3 Å². The monoisotopic (exact) mass is 411 g/mol. The summed E-state index contributed by atoms with van der Waals surface area (Å²) in [6.45, 7) is 1.34. The Morgan fingerprint density at radius 2 is 1.79 bits per heavy atom. The summed E-state index contributed by atoms with van der Waals surface area (Å²) in [5.41, 5.74) is 2.14. The van der Waals surface area contributed by atoms with Crippen molar-refractivity contribution in [1.82, 2.24) is 5.32 Å². The molecule has 1 N–H and O–H groups in total. The Morgan fingerprint density at radius 1 is 1.03 bits per heavy atom. The largest absolute Gasteiger partial charge is 0.450 e. The highest BCUT2D eigenvalue weighted by Gasteiger charge is 2.15. The van der Waals surface area contributed by atoms with Crippen LogP contribution in [0.1, 0.15) is 33.4 Å². The number of halogens is 1.